The Bertz CT molecular complexity index is 508. The van der Waals surface area contributed by atoms with E-state index in [0.29, 0.717) is 5.69 Å². The van der Waals surface area contributed by atoms with Gasteiger partial charge in [-0.25, -0.2) is 0 Å². The summed E-state index contributed by atoms with van der Waals surface area (Å²) in [5.41, 5.74) is 1.43. The van der Waals surface area contributed by atoms with Crippen LogP contribution in [0.1, 0.15) is 18.5 Å². The van der Waals surface area contributed by atoms with Crippen LogP contribution >= 0.6 is 0 Å². The van der Waals surface area contributed by atoms with Crippen LogP contribution in [0.3, 0.4) is 0 Å². The first kappa shape index (κ1) is 9.65. The van der Waals surface area contributed by atoms with E-state index in [1.165, 1.54) is 0 Å². The van der Waals surface area contributed by atoms with Crippen LogP contribution in [-0.4, -0.2) is 16.1 Å². The fraction of sp³-hybridized carbons (Fsp3) is 0.167. The number of aliphatic carboxylic acids is 1. The zero-order chi connectivity index (χ0) is 10.8. The number of nitrogens with zero attached hydrogens (tertiary/aromatic N) is 1. The summed E-state index contributed by atoms with van der Waals surface area (Å²) in [6.07, 6.45) is 0. The first-order chi connectivity index (χ1) is 7.18. The monoisotopic (exact) mass is 201 g/mol. The Morgan fingerprint density at radius 3 is 2.73 bits per heavy atom. The molecule has 1 N–H and O–H groups in total. The summed E-state index contributed by atoms with van der Waals surface area (Å²) in [7, 11) is 0. The Labute approximate surface area is 87.4 Å². The van der Waals surface area contributed by atoms with Crippen molar-refractivity contribution in [3.63, 3.8) is 0 Å². The second kappa shape index (κ2) is 3.69. The van der Waals surface area contributed by atoms with Crippen LogP contribution < -0.4 is 0 Å². The first-order valence-electron chi connectivity index (χ1n) is 4.77. The molecule has 3 nitrogen and oxygen atoms in total. The number of hydrogen-bond acceptors (Lipinski definition) is 2. The summed E-state index contributed by atoms with van der Waals surface area (Å²) in [6.45, 7) is 1.64. The van der Waals surface area contributed by atoms with Gasteiger partial charge in [-0.3, -0.25) is 9.78 Å². The maximum absolute atomic E-state index is 10.8. The van der Waals surface area contributed by atoms with Crippen LogP contribution in [-0.2, 0) is 4.79 Å². The lowest BCUT2D eigenvalue weighted by Crippen LogP contribution is -2.08. The fourth-order valence-electron chi connectivity index (χ4n) is 1.45. The highest BCUT2D eigenvalue weighted by Gasteiger charge is 2.14. The first-order valence-corrected chi connectivity index (χ1v) is 4.77. The molecular formula is C12H11NO2. The predicted octanol–water partition coefficient (Wildman–Crippen LogP) is 2.42. The lowest BCUT2D eigenvalue weighted by atomic mass is 10.1. The molecule has 15 heavy (non-hydrogen) atoms. The molecule has 0 radical (unpaired) electrons. The number of benzene rings is 1. The molecule has 0 spiro atoms. The van der Waals surface area contributed by atoms with Crippen LogP contribution in [0.2, 0.25) is 0 Å². The van der Waals surface area contributed by atoms with Gasteiger partial charge in [0.25, 0.3) is 0 Å². The average molecular weight is 201 g/mol. The summed E-state index contributed by atoms with van der Waals surface area (Å²) in [4.78, 5) is 15.1. The predicted molar refractivity (Wildman–Crippen MR) is 57.8 cm³/mol. The second-order valence-corrected chi connectivity index (χ2v) is 3.49. The maximum atomic E-state index is 10.8. The van der Waals surface area contributed by atoms with Gasteiger partial charge in [0.1, 0.15) is 0 Å². The van der Waals surface area contributed by atoms with Gasteiger partial charge >= 0.3 is 5.97 Å². The highest BCUT2D eigenvalue weighted by atomic mass is 16.4. The van der Waals surface area contributed by atoms with Gasteiger partial charge in [0.15, 0.2) is 0 Å². The van der Waals surface area contributed by atoms with Gasteiger partial charge in [-0.05, 0) is 19.1 Å². The van der Waals surface area contributed by atoms with Gasteiger partial charge in [0, 0.05) is 5.39 Å². The quantitative estimate of drug-likeness (QED) is 0.811. The third kappa shape index (κ3) is 1.81. The van der Waals surface area contributed by atoms with E-state index in [-0.39, 0.29) is 0 Å². The van der Waals surface area contributed by atoms with E-state index in [4.69, 9.17) is 5.11 Å². The van der Waals surface area contributed by atoms with Crippen molar-refractivity contribution in [3.05, 3.63) is 42.1 Å². The smallest absolute Gasteiger partial charge is 0.312 e. The maximum Gasteiger partial charge on any atom is 0.312 e. The second-order valence-electron chi connectivity index (χ2n) is 3.49. The van der Waals surface area contributed by atoms with E-state index in [9.17, 15) is 4.79 Å². The fourth-order valence-corrected chi connectivity index (χ4v) is 1.45. The van der Waals surface area contributed by atoms with Gasteiger partial charge in [-0.1, -0.05) is 24.3 Å². The number of rotatable bonds is 2. The number of pyridine rings is 1. The number of aromatic nitrogens is 1. The van der Waals surface area contributed by atoms with Crippen LogP contribution in [0.4, 0.5) is 0 Å². The van der Waals surface area contributed by atoms with E-state index in [1.54, 1.807) is 13.0 Å². The van der Waals surface area contributed by atoms with Crippen molar-refractivity contribution in [2.45, 2.75) is 12.8 Å². The molecule has 1 aromatic heterocycles. The van der Waals surface area contributed by atoms with Crippen molar-refractivity contribution in [1.29, 1.82) is 0 Å². The van der Waals surface area contributed by atoms with Crippen molar-refractivity contribution in [1.82, 2.24) is 4.98 Å². The largest absolute Gasteiger partial charge is 0.481 e. The van der Waals surface area contributed by atoms with Crippen LogP contribution in [0, 0.1) is 0 Å². The van der Waals surface area contributed by atoms with Crippen LogP contribution in [0.15, 0.2) is 36.4 Å². The molecule has 0 aliphatic heterocycles. The Balaban J connectivity index is 2.51. The van der Waals surface area contributed by atoms with E-state index >= 15 is 0 Å². The minimum absolute atomic E-state index is 0.561. The number of carboxylic acids is 1. The molecule has 0 fully saturated rings. The lowest BCUT2D eigenvalue weighted by Gasteiger charge is -2.06. The van der Waals surface area contributed by atoms with Crippen molar-refractivity contribution in [2.75, 3.05) is 0 Å². The summed E-state index contributed by atoms with van der Waals surface area (Å²) < 4.78 is 0. The third-order valence-corrected chi connectivity index (χ3v) is 2.43. The normalized spacial score (nSPS) is 12.6. The molecule has 2 rings (SSSR count). The minimum atomic E-state index is -0.849. The van der Waals surface area contributed by atoms with Crippen molar-refractivity contribution in [2.24, 2.45) is 0 Å². The zero-order valence-electron chi connectivity index (χ0n) is 8.34. The molecule has 3 heteroatoms. The van der Waals surface area contributed by atoms with E-state index < -0.39 is 11.9 Å². The minimum Gasteiger partial charge on any atom is -0.481 e. The summed E-state index contributed by atoms with van der Waals surface area (Å²) in [5, 5.41) is 9.89. The third-order valence-electron chi connectivity index (χ3n) is 2.43. The molecule has 1 aromatic carbocycles. The Kier molecular flexibility index (Phi) is 2.37. The highest BCUT2D eigenvalue weighted by molar-refractivity contribution is 5.80. The van der Waals surface area contributed by atoms with E-state index in [2.05, 4.69) is 4.98 Å². The Hall–Kier alpha value is -1.90. The van der Waals surface area contributed by atoms with Crippen molar-refractivity contribution >= 4 is 16.9 Å². The standard InChI is InChI=1S/C12H11NO2/c1-8(12(14)15)10-7-6-9-4-2-3-5-11(9)13-10/h2-8H,1H3,(H,14,15)/t8-/m1/s1. The molecule has 2 aromatic rings. The Morgan fingerprint density at radius 1 is 1.27 bits per heavy atom. The molecule has 0 bridgehead atoms. The van der Waals surface area contributed by atoms with Gasteiger partial charge in [0.05, 0.1) is 17.1 Å². The van der Waals surface area contributed by atoms with E-state index in [1.807, 2.05) is 30.3 Å². The molecule has 0 aliphatic carbocycles. The van der Waals surface area contributed by atoms with Crippen LogP contribution in [0.5, 0.6) is 0 Å². The van der Waals surface area contributed by atoms with Gasteiger partial charge < -0.3 is 5.11 Å². The van der Waals surface area contributed by atoms with E-state index in [0.717, 1.165) is 10.9 Å². The van der Waals surface area contributed by atoms with Crippen molar-refractivity contribution < 1.29 is 9.90 Å². The summed E-state index contributed by atoms with van der Waals surface area (Å²) in [5.74, 6) is -1.41. The number of carboxylic acid groups (broad SMARTS) is 1. The molecular weight excluding hydrogens is 190 g/mol. The van der Waals surface area contributed by atoms with Crippen LogP contribution in [0.25, 0.3) is 10.9 Å². The summed E-state index contributed by atoms with van der Waals surface area (Å²) >= 11 is 0. The molecule has 0 saturated carbocycles. The molecule has 0 saturated heterocycles. The zero-order valence-corrected chi connectivity index (χ0v) is 8.34. The number of carbonyl (C=O) groups is 1. The van der Waals surface area contributed by atoms with Gasteiger partial charge in [0.2, 0.25) is 0 Å². The molecule has 0 amide bonds. The molecule has 0 aliphatic rings. The van der Waals surface area contributed by atoms with Gasteiger partial charge in [-0.15, -0.1) is 0 Å². The average Bonchev–Trinajstić information content (AvgIpc) is 2.27. The Morgan fingerprint density at radius 2 is 2.00 bits per heavy atom. The summed E-state index contributed by atoms with van der Waals surface area (Å²) in [6, 6.07) is 11.3. The molecule has 76 valence electrons. The SMILES string of the molecule is C[C@@H](C(=O)O)c1ccc2ccccc2n1. The van der Waals surface area contributed by atoms with Gasteiger partial charge in [-0.2, -0.15) is 0 Å². The number of para-hydroxylation sites is 1. The number of hydrogen-bond donors (Lipinski definition) is 1. The molecule has 1 atom stereocenters. The molecule has 1 heterocycles. The highest BCUT2D eigenvalue weighted by Crippen LogP contribution is 2.17. The lowest BCUT2D eigenvalue weighted by molar-refractivity contribution is -0.138. The molecule has 0 unspecified atom stereocenters. The van der Waals surface area contributed by atoms with Crippen molar-refractivity contribution in [3.8, 4) is 0 Å². The number of fused-ring (bicyclic) bond motifs is 1. The topological polar surface area (TPSA) is 50.2 Å².